The minimum atomic E-state index is 0.314. The molecular formula is C16H22N2OS3. The van der Waals surface area contributed by atoms with Crippen molar-refractivity contribution in [2.45, 2.75) is 57.0 Å². The van der Waals surface area contributed by atoms with Crippen molar-refractivity contribution in [3.63, 3.8) is 0 Å². The molecule has 0 N–H and O–H groups in total. The van der Waals surface area contributed by atoms with Crippen molar-refractivity contribution in [3.05, 3.63) is 10.4 Å². The van der Waals surface area contributed by atoms with E-state index in [1.807, 2.05) is 11.8 Å². The SMILES string of the molecule is CCSc1nc(SCC)c2c3c(sc2n1)CO[C@H](C(C)C)C3. The third-order valence-corrected chi connectivity index (χ3v) is 6.50. The van der Waals surface area contributed by atoms with E-state index in [0.717, 1.165) is 39.5 Å². The van der Waals surface area contributed by atoms with Gasteiger partial charge in [0.15, 0.2) is 5.16 Å². The van der Waals surface area contributed by atoms with Gasteiger partial charge in [-0.1, -0.05) is 39.5 Å². The van der Waals surface area contributed by atoms with Crippen LogP contribution in [0.2, 0.25) is 0 Å². The number of hydrogen-bond acceptors (Lipinski definition) is 6. The predicted molar refractivity (Wildman–Crippen MR) is 97.3 cm³/mol. The third-order valence-electron chi connectivity index (χ3n) is 3.81. The van der Waals surface area contributed by atoms with Crippen LogP contribution >= 0.6 is 34.9 Å². The fourth-order valence-corrected chi connectivity index (χ4v) is 5.35. The minimum absolute atomic E-state index is 0.314. The van der Waals surface area contributed by atoms with E-state index in [-0.39, 0.29) is 0 Å². The Morgan fingerprint density at radius 1 is 1.23 bits per heavy atom. The standard InChI is InChI=1S/C16H22N2OS3/c1-5-20-14-13-10-7-11(9(3)4)19-8-12(10)22-15(13)18-16(17-14)21-6-2/h9,11H,5-8H2,1-4H3/t11-/m0/s1. The Morgan fingerprint density at radius 2 is 2.00 bits per heavy atom. The van der Waals surface area contributed by atoms with Crippen molar-refractivity contribution >= 4 is 45.1 Å². The van der Waals surface area contributed by atoms with Gasteiger partial charge in [-0.3, -0.25) is 0 Å². The highest BCUT2D eigenvalue weighted by atomic mass is 32.2. The molecule has 1 aliphatic rings. The van der Waals surface area contributed by atoms with Gasteiger partial charge >= 0.3 is 0 Å². The second-order valence-electron chi connectivity index (χ2n) is 5.66. The molecular weight excluding hydrogens is 332 g/mol. The average Bonchev–Trinajstić information content (AvgIpc) is 2.85. The Labute approximate surface area is 144 Å². The molecule has 0 saturated heterocycles. The van der Waals surface area contributed by atoms with Gasteiger partial charge in [-0.05, 0) is 23.0 Å². The van der Waals surface area contributed by atoms with E-state index < -0.39 is 0 Å². The van der Waals surface area contributed by atoms with E-state index in [1.54, 1.807) is 23.1 Å². The summed E-state index contributed by atoms with van der Waals surface area (Å²) in [6.45, 7) is 9.53. The first-order valence-corrected chi connectivity index (χ1v) is 10.6. The molecule has 2 aromatic rings. The van der Waals surface area contributed by atoms with Crippen LogP contribution in [0.4, 0.5) is 0 Å². The van der Waals surface area contributed by atoms with E-state index in [1.165, 1.54) is 15.8 Å². The van der Waals surface area contributed by atoms with Crippen LogP contribution in [0.25, 0.3) is 10.2 Å². The molecule has 0 unspecified atom stereocenters. The summed E-state index contributed by atoms with van der Waals surface area (Å²) in [5.74, 6) is 2.59. The first kappa shape index (κ1) is 16.6. The highest BCUT2D eigenvalue weighted by molar-refractivity contribution is 7.99. The van der Waals surface area contributed by atoms with Gasteiger partial charge < -0.3 is 4.74 Å². The van der Waals surface area contributed by atoms with Gasteiger partial charge in [-0.15, -0.1) is 23.1 Å². The average molecular weight is 355 g/mol. The lowest BCUT2D eigenvalue weighted by Gasteiger charge is -2.26. The Bertz CT molecular complexity index is 669. The van der Waals surface area contributed by atoms with Gasteiger partial charge in [0.05, 0.1) is 12.7 Å². The number of rotatable bonds is 5. The summed E-state index contributed by atoms with van der Waals surface area (Å²) >= 11 is 5.35. The normalized spacial score (nSPS) is 18.1. The second-order valence-corrected chi connectivity index (χ2v) is 9.23. The van der Waals surface area contributed by atoms with Crippen LogP contribution in [0.1, 0.15) is 38.1 Å². The van der Waals surface area contributed by atoms with Gasteiger partial charge in [0.1, 0.15) is 9.86 Å². The lowest BCUT2D eigenvalue weighted by atomic mass is 9.96. The molecule has 0 aliphatic carbocycles. The number of thioether (sulfide) groups is 2. The predicted octanol–water partition coefficient (Wildman–Crippen LogP) is 5.01. The maximum atomic E-state index is 6.02. The number of fused-ring (bicyclic) bond motifs is 3. The summed E-state index contributed by atoms with van der Waals surface area (Å²) in [7, 11) is 0. The molecule has 3 rings (SSSR count). The van der Waals surface area contributed by atoms with Gasteiger partial charge in [0.25, 0.3) is 0 Å². The number of thiophene rings is 1. The zero-order valence-electron chi connectivity index (χ0n) is 13.5. The molecule has 1 aliphatic heterocycles. The van der Waals surface area contributed by atoms with Gasteiger partial charge in [0, 0.05) is 16.7 Å². The third kappa shape index (κ3) is 3.16. The van der Waals surface area contributed by atoms with Crippen molar-refractivity contribution < 1.29 is 4.74 Å². The summed E-state index contributed by atoms with van der Waals surface area (Å²) in [5, 5.41) is 3.36. The quantitative estimate of drug-likeness (QED) is 0.428. The molecule has 0 amide bonds. The summed E-state index contributed by atoms with van der Waals surface area (Å²) in [6, 6.07) is 0. The molecule has 0 radical (unpaired) electrons. The summed E-state index contributed by atoms with van der Waals surface area (Å²) < 4.78 is 6.02. The molecule has 0 spiro atoms. The Kier molecular flexibility index (Phi) is 5.32. The largest absolute Gasteiger partial charge is 0.372 e. The van der Waals surface area contributed by atoms with Gasteiger partial charge in [-0.2, -0.15) is 0 Å². The van der Waals surface area contributed by atoms with E-state index in [4.69, 9.17) is 14.7 Å². The van der Waals surface area contributed by atoms with Crippen LogP contribution in [-0.2, 0) is 17.8 Å². The van der Waals surface area contributed by atoms with Gasteiger partial charge in [-0.25, -0.2) is 9.97 Å². The van der Waals surface area contributed by atoms with E-state index >= 15 is 0 Å². The summed E-state index contributed by atoms with van der Waals surface area (Å²) in [6.07, 6.45) is 1.31. The molecule has 120 valence electrons. The van der Waals surface area contributed by atoms with Crippen molar-refractivity contribution in [1.29, 1.82) is 0 Å². The highest BCUT2D eigenvalue weighted by Gasteiger charge is 2.27. The molecule has 3 nitrogen and oxygen atoms in total. The molecule has 0 fully saturated rings. The topological polar surface area (TPSA) is 35.0 Å². The van der Waals surface area contributed by atoms with Crippen LogP contribution in [0.3, 0.4) is 0 Å². The number of ether oxygens (including phenoxy) is 1. The molecule has 3 heterocycles. The fraction of sp³-hybridized carbons (Fsp3) is 0.625. The van der Waals surface area contributed by atoms with Crippen LogP contribution in [0.15, 0.2) is 10.2 Å². The molecule has 0 bridgehead atoms. The highest BCUT2D eigenvalue weighted by Crippen LogP contribution is 2.41. The van der Waals surface area contributed by atoms with Crippen molar-refractivity contribution in [2.75, 3.05) is 11.5 Å². The van der Waals surface area contributed by atoms with Crippen molar-refractivity contribution in [2.24, 2.45) is 5.92 Å². The number of aromatic nitrogens is 2. The molecule has 6 heteroatoms. The van der Waals surface area contributed by atoms with Crippen LogP contribution in [0.5, 0.6) is 0 Å². The Morgan fingerprint density at radius 3 is 2.68 bits per heavy atom. The Balaban J connectivity index is 2.10. The minimum Gasteiger partial charge on any atom is -0.372 e. The van der Waals surface area contributed by atoms with Crippen LogP contribution < -0.4 is 0 Å². The zero-order valence-corrected chi connectivity index (χ0v) is 16.0. The van der Waals surface area contributed by atoms with Crippen molar-refractivity contribution in [1.82, 2.24) is 9.97 Å². The number of nitrogens with zero attached hydrogens (tertiary/aromatic N) is 2. The summed E-state index contributed by atoms with van der Waals surface area (Å²) in [4.78, 5) is 12.1. The lowest BCUT2D eigenvalue weighted by molar-refractivity contribution is 0.00199. The molecule has 22 heavy (non-hydrogen) atoms. The monoisotopic (exact) mass is 354 g/mol. The maximum absolute atomic E-state index is 6.02. The fourth-order valence-electron chi connectivity index (χ4n) is 2.69. The maximum Gasteiger partial charge on any atom is 0.189 e. The van der Waals surface area contributed by atoms with E-state index in [9.17, 15) is 0 Å². The van der Waals surface area contributed by atoms with Gasteiger partial charge in [0.2, 0.25) is 0 Å². The molecule has 0 saturated carbocycles. The first-order chi connectivity index (χ1) is 10.6. The first-order valence-electron chi connectivity index (χ1n) is 7.83. The lowest BCUT2D eigenvalue weighted by Crippen LogP contribution is -2.26. The number of hydrogen-bond donors (Lipinski definition) is 0. The smallest absolute Gasteiger partial charge is 0.189 e. The molecule has 0 aromatic carbocycles. The molecule has 2 aromatic heterocycles. The second kappa shape index (κ2) is 7.07. The summed E-state index contributed by atoms with van der Waals surface area (Å²) in [5.41, 5.74) is 1.44. The van der Waals surface area contributed by atoms with E-state index in [2.05, 4.69) is 27.7 Å². The Hall–Kier alpha value is -0.300. The van der Waals surface area contributed by atoms with E-state index in [0.29, 0.717) is 12.0 Å². The molecule has 1 atom stereocenters. The van der Waals surface area contributed by atoms with Crippen molar-refractivity contribution in [3.8, 4) is 0 Å². The zero-order chi connectivity index (χ0) is 15.7. The van der Waals surface area contributed by atoms with Crippen LogP contribution in [0, 0.1) is 5.92 Å². The van der Waals surface area contributed by atoms with Crippen LogP contribution in [-0.4, -0.2) is 27.6 Å².